The molecular formula is C14H11ClF2N2O. The van der Waals surface area contributed by atoms with Crippen molar-refractivity contribution >= 4 is 23.2 Å². The van der Waals surface area contributed by atoms with Crippen LogP contribution in [0.5, 0.6) is 0 Å². The van der Waals surface area contributed by atoms with E-state index in [-0.39, 0.29) is 12.2 Å². The topological polar surface area (TPSA) is 55.1 Å². The lowest BCUT2D eigenvalue weighted by Crippen LogP contribution is -2.25. The molecule has 0 fully saturated rings. The molecule has 0 spiro atoms. The highest BCUT2D eigenvalue weighted by Gasteiger charge is 2.19. The van der Waals surface area contributed by atoms with Crippen LogP contribution in [0.25, 0.3) is 0 Å². The fourth-order valence-electron chi connectivity index (χ4n) is 1.69. The molecule has 1 amide bonds. The number of hydrogen-bond donors (Lipinski definition) is 2. The van der Waals surface area contributed by atoms with E-state index in [2.05, 4.69) is 5.32 Å². The number of anilines is 1. The zero-order valence-corrected chi connectivity index (χ0v) is 11.0. The second-order valence-corrected chi connectivity index (χ2v) is 4.57. The van der Waals surface area contributed by atoms with Gasteiger partial charge in [0.15, 0.2) is 5.82 Å². The van der Waals surface area contributed by atoms with Crippen molar-refractivity contribution in [2.24, 2.45) is 0 Å². The van der Waals surface area contributed by atoms with Crippen LogP contribution < -0.4 is 11.1 Å². The predicted molar refractivity (Wildman–Crippen MR) is 73.4 cm³/mol. The predicted octanol–water partition coefficient (Wildman–Crippen LogP) is 3.13. The zero-order valence-electron chi connectivity index (χ0n) is 10.3. The second kappa shape index (κ2) is 5.88. The van der Waals surface area contributed by atoms with E-state index in [0.717, 1.165) is 17.7 Å². The summed E-state index contributed by atoms with van der Waals surface area (Å²) >= 11 is 5.80. The number of benzene rings is 2. The number of nitrogens with two attached hydrogens (primary N) is 1. The molecule has 0 heterocycles. The Morgan fingerprint density at radius 1 is 1.25 bits per heavy atom. The summed E-state index contributed by atoms with van der Waals surface area (Å²) in [6.07, 6.45) is 0. The average molecular weight is 297 g/mol. The van der Waals surface area contributed by atoms with Crippen molar-refractivity contribution in [1.29, 1.82) is 0 Å². The van der Waals surface area contributed by atoms with Crippen molar-refractivity contribution in [3.8, 4) is 0 Å². The van der Waals surface area contributed by atoms with Gasteiger partial charge in [0.05, 0.1) is 5.69 Å². The maximum atomic E-state index is 13.7. The molecule has 0 aliphatic carbocycles. The fraction of sp³-hybridized carbons (Fsp3) is 0.0714. The highest BCUT2D eigenvalue weighted by Crippen LogP contribution is 2.18. The summed E-state index contributed by atoms with van der Waals surface area (Å²) < 4.78 is 27.1. The largest absolute Gasteiger partial charge is 0.396 e. The Morgan fingerprint density at radius 2 is 2.00 bits per heavy atom. The Balaban J connectivity index is 2.15. The monoisotopic (exact) mass is 296 g/mol. The first-order chi connectivity index (χ1) is 9.49. The number of nitrogen functional groups attached to an aromatic ring is 1. The van der Waals surface area contributed by atoms with Gasteiger partial charge in [0, 0.05) is 11.6 Å². The molecule has 0 saturated carbocycles. The molecule has 2 rings (SSSR count). The van der Waals surface area contributed by atoms with E-state index < -0.39 is 23.1 Å². The molecule has 6 heteroatoms. The van der Waals surface area contributed by atoms with Gasteiger partial charge in [0.25, 0.3) is 5.91 Å². The van der Waals surface area contributed by atoms with Crippen molar-refractivity contribution in [1.82, 2.24) is 5.32 Å². The summed E-state index contributed by atoms with van der Waals surface area (Å²) in [7, 11) is 0. The number of nitrogens with one attached hydrogen (secondary N) is 1. The lowest BCUT2D eigenvalue weighted by atomic mass is 10.1. The number of hydrogen-bond acceptors (Lipinski definition) is 2. The van der Waals surface area contributed by atoms with Gasteiger partial charge in [-0.25, -0.2) is 8.78 Å². The summed E-state index contributed by atoms with van der Waals surface area (Å²) in [6.45, 7) is 0.104. The van der Waals surface area contributed by atoms with Gasteiger partial charge in [-0.15, -0.1) is 0 Å². The lowest BCUT2D eigenvalue weighted by molar-refractivity contribution is 0.0942. The van der Waals surface area contributed by atoms with Gasteiger partial charge >= 0.3 is 0 Å². The molecule has 2 aromatic carbocycles. The number of amides is 1. The van der Waals surface area contributed by atoms with Crippen LogP contribution in [0.3, 0.4) is 0 Å². The molecule has 3 nitrogen and oxygen atoms in total. The van der Waals surface area contributed by atoms with Crippen LogP contribution in [0.4, 0.5) is 14.5 Å². The molecule has 104 valence electrons. The van der Waals surface area contributed by atoms with E-state index in [1.165, 1.54) is 0 Å². The number of carbonyl (C=O) groups is 1. The third kappa shape index (κ3) is 3.05. The van der Waals surface area contributed by atoms with Crippen molar-refractivity contribution in [3.05, 3.63) is 64.2 Å². The normalized spacial score (nSPS) is 10.3. The molecule has 0 saturated heterocycles. The van der Waals surface area contributed by atoms with Gasteiger partial charge in [-0.05, 0) is 29.8 Å². The van der Waals surface area contributed by atoms with E-state index in [1.807, 2.05) is 0 Å². The van der Waals surface area contributed by atoms with Crippen LogP contribution in [0.2, 0.25) is 5.02 Å². The van der Waals surface area contributed by atoms with Crippen molar-refractivity contribution in [3.63, 3.8) is 0 Å². The lowest BCUT2D eigenvalue weighted by Gasteiger charge is -2.08. The Kier molecular flexibility index (Phi) is 4.20. The molecule has 2 aromatic rings. The van der Waals surface area contributed by atoms with Gasteiger partial charge < -0.3 is 11.1 Å². The van der Waals surface area contributed by atoms with Crippen LogP contribution in [0, 0.1) is 11.6 Å². The molecule has 20 heavy (non-hydrogen) atoms. The smallest absolute Gasteiger partial charge is 0.257 e. The molecule has 3 N–H and O–H groups in total. The van der Waals surface area contributed by atoms with Crippen molar-refractivity contribution in [2.75, 3.05) is 5.73 Å². The molecule has 0 bridgehead atoms. The zero-order chi connectivity index (χ0) is 14.7. The summed E-state index contributed by atoms with van der Waals surface area (Å²) in [5, 5.41) is 2.93. The third-order valence-corrected chi connectivity index (χ3v) is 2.93. The minimum atomic E-state index is -1.06. The van der Waals surface area contributed by atoms with Gasteiger partial charge in [-0.2, -0.15) is 0 Å². The van der Waals surface area contributed by atoms with Crippen LogP contribution in [-0.4, -0.2) is 5.91 Å². The average Bonchev–Trinajstić information content (AvgIpc) is 2.41. The van der Waals surface area contributed by atoms with E-state index in [0.29, 0.717) is 5.02 Å². The second-order valence-electron chi connectivity index (χ2n) is 4.14. The molecule has 0 unspecified atom stereocenters. The first-order valence-corrected chi connectivity index (χ1v) is 6.13. The summed E-state index contributed by atoms with van der Waals surface area (Å²) in [4.78, 5) is 11.8. The Labute approximate surface area is 119 Å². The minimum Gasteiger partial charge on any atom is -0.396 e. The van der Waals surface area contributed by atoms with E-state index in [4.69, 9.17) is 17.3 Å². The summed E-state index contributed by atoms with van der Waals surface area (Å²) in [6, 6.07) is 8.80. The van der Waals surface area contributed by atoms with E-state index in [9.17, 15) is 13.6 Å². The van der Waals surface area contributed by atoms with Crippen molar-refractivity contribution in [2.45, 2.75) is 6.54 Å². The third-order valence-electron chi connectivity index (χ3n) is 2.69. The van der Waals surface area contributed by atoms with Crippen LogP contribution in [-0.2, 0) is 6.54 Å². The SMILES string of the molecule is Nc1ccc(F)c(C(=O)NCc2cccc(Cl)c2)c1F. The Hall–Kier alpha value is -2.14. The quantitative estimate of drug-likeness (QED) is 0.855. The van der Waals surface area contributed by atoms with Crippen LogP contribution >= 0.6 is 11.6 Å². The maximum Gasteiger partial charge on any atom is 0.257 e. The molecule has 0 aliphatic heterocycles. The van der Waals surface area contributed by atoms with E-state index >= 15 is 0 Å². The molecule has 0 atom stereocenters. The van der Waals surface area contributed by atoms with Crippen LogP contribution in [0.15, 0.2) is 36.4 Å². The standard InChI is InChI=1S/C14H11ClF2N2O/c15-9-3-1-2-8(6-9)7-19-14(20)12-10(16)4-5-11(18)13(12)17/h1-6H,7,18H2,(H,19,20). The minimum absolute atomic E-state index is 0.104. The maximum absolute atomic E-state index is 13.7. The highest BCUT2D eigenvalue weighted by atomic mass is 35.5. The van der Waals surface area contributed by atoms with Crippen LogP contribution in [0.1, 0.15) is 15.9 Å². The summed E-state index contributed by atoms with van der Waals surface area (Å²) in [5.74, 6) is -2.89. The fourth-order valence-corrected chi connectivity index (χ4v) is 1.91. The number of carbonyl (C=O) groups excluding carboxylic acids is 1. The molecule has 0 radical (unpaired) electrons. The summed E-state index contributed by atoms with van der Waals surface area (Å²) in [5.41, 5.74) is 5.07. The van der Waals surface area contributed by atoms with Gasteiger partial charge in [0.1, 0.15) is 11.4 Å². The highest BCUT2D eigenvalue weighted by molar-refractivity contribution is 6.30. The van der Waals surface area contributed by atoms with Gasteiger partial charge in [-0.1, -0.05) is 23.7 Å². The first kappa shape index (κ1) is 14.3. The Morgan fingerprint density at radius 3 is 2.70 bits per heavy atom. The molecular weight excluding hydrogens is 286 g/mol. The number of rotatable bonds is 3. The van der Waals surface area contributed by atoms with E-state index in [1.54, 1.807) is 24.3 Å². The van der Waals surface area contributed by atoms with Gasteiger partial charge in [0.2, 0.25) is 0 Å². The number of halogens is 3. The first-order valence-electron chi connectivity index (χ1n) is 5.75. The van der Waals surface area contributed by atoms with Gasteiger partial charge in [-0.3, -0.25) is 4.79 Å². The van der Waals surface area contributed by atoms with Crippen molar-refractivity contribution < 1.29 is 13.6 Å². The Bertz CT molecular complexity index is 662. The molecule has 0 aliphatic rings. The molecule has 0 aromatic heterocycles.